The van der Waals surface area contributed by atoms with Crippen LogP contribution >= 0.6 is 7.82 Å². The van der Waals surface area contributed by atoms with E-state index >= 15 is 0 Å². The minimum atomic E-state index is -4.62. The Hall–Kier alpha value is -0.720. The maximum absolute atomic E-state index is 11.5. The number of aliphatic hydroxyl groups is 1. The highest BCUT2D eigenvalue weighted by atomic mass is 31.2. The molecule has 27 heavy (non-hydrogen) atoms. The van der Waals surface area contributed by atoms with Crippen LogP contribution in [0.1, 0.15) is 84.0 Å². The smallest absolute Gasteiger partial charge is 0.463 e. The van der Waals surface area contributed by atoms with Crippen LogP contribution in [0.3, 0.4) is 0 Å². The molecule has 0 saturated heterocycles. The normalized spacial score (nSPS) is 13.2. The number of esters is 1. The van der Waals surface area contributed by atoms with Gasteiger partial charge in [-0.15, -0.1) is 0 Å². The molecule has 0 aromatic rings. The number of aliphatic hydroxyl groups excluding tert-OH is 1. The molecule has 0 aliphatic heterocycles. The van der Waals surface area contributed by atoms with Crippen molar-refractivity contribution < 1.29 is 33.5 Å². The summed E-state index contributed by atoms with van der Waals surface area (Å²) in [5.41, 5.74) is 0. The summed E-state index contributed by atoms with van der Waals surface area (Å²) in [6, 6.07) is 0. The number of phosphoric ester groups is 1. The van der Waals surface area contributed by atoms with Gasteiger partial charge in [0.1, 0.15) is 12.7 Å². The van der Waals surface area contributed by atoms with Crippen molar-refractivity contribution in [1.29, 1.82) is 0 Å². The van der Waals surface area contributed by atoms with Crippen molar-refractivity contribution in [3.63, 3.8) is 0 Å². The number of carbonyl (C=O) groups excluding carboxylic acids is 1. The Kier molecular flexibility index (Phi) is 16.9. The van der Waals surface area contributed by atoms with Gasteiger partial charge in [0.15, 0.2) is 0 Å². The number of hydrogen-bond acceptors (Lipinski definition) is 5. The molecule has 0 aliphatic rings. The monoisotopic (exact) mass is 408 g/mol. The first-order valence-corrected chi connectivity index (χ1v) is 11.6. The number of hydrogen-bond donors (Lipinski definition) is 3. The van der Waals surface area contributed by atoms with Gasteiger partial charge in [-0.05, 0) is 32.1 Å². The highest BCUT2D eigenvalue weighted by Gasteiger charge is 2.17. The molecule has 160 valence electrons. The summed E-state index contributed by atoms with van der Waals surface area (Å²) in [4.78, 5) is 28.5. The zero-order valence-electron chi connectivity index (χ0n) is 16.6. The van der Waals surface area contributed by atoms with Crippen LogP contribution in [0.25, 0.3) is 0 Å². The molecule has 0 fully saturated rings. The van der Waals surface area contributed by atoms with Crippen molar-refractivity contribution in [2.24, 2.45) is 0 Å². The van der Waals surface area contributed by atoms with E-state index in [0.717, 1.165) is 32.1 Å². The minimum Gasteiger partial charge on any atom is -0.463 e. The SMILES string of the molecule is CCCCCC/C=C\CCCCCCCC(=O)OC[C@@H](O)COP(=O)(O)O. The predicted octanol–water partition coefficient (Wildman–Crippen LogP) is 4.26. The number of unbranched alkanes of at least 4 members (excludes halogenated alkanes) is 9. The Morgan fingerprint density at radius 1 is 0.926 bits per heavy atom. The highest BCUT2D eigenvalue weighted by Crippen LogP contribution is 2.35. The van der Waals surface area contributed by atoms with E-state index in [1.165, 1.54) is 38.5 Å². The number of phosphoric acid groups is 1. The minimum absolute atomic E-state index is 0.281. The summed E-state index contributed by atoms with van der Waals surface area (Å²) >= 11 is 0. The van der Waals surface area contributed by atoms with E-state index in [-0.39, 0.29) is 13.0 Å². The lowest BCUT2D eigenvalue weighted by atomic mass is 10.1. The highest BCUT2D eigenvalue weighted by molar-refractivity contribution is 7.46. The topological polar surface area (TPSA) is 113 Å². The molecule has 7 nitrogen and oxygen atoms in total. The standard InChI is InChI=1S/C19H37O7P/c1-2-3-4-5-6-7-8-9-10-11-12-13-14-15-19(21)25-16-18(20)17-26-27(22,23)24/h7-8,18,20H,2-6,9-17H2,1H3,(H2,22,23,24)/b8-7-/t18-/m1/s1. The fourth-order valence-electron chi connectivity index (χ4n) is 2.48. The Bertz CT molecular complexity index is 434. The van der Waals surface area contributed by atoms with E-state index in [2.05, 4.69) is 23.6 Å². The molecule has 0 amide bonds. The third-order valence-electron chi connectivity index (χ3n) is 4.01. The number of rotatable bonds is 18. The van der Waals surface area contributed by atoms with E-state index in [0.29, 0.717) is 0 Å². The average molecular weight is 408 g/mol. The summed E-state index contributed by atoms with van der Waals surface area (Å²) in [6.45, 7) is 1.31. The summed E-state index contributed by atoms with van der Waals surface area (Å²) in [6.07, 6.45) is 16.2. The molecule has 0 radical (unpaired) electrons. The third kappa shape index (κ3) is 21.4. The average Bonchev–Trinajstić information content (AvgIpc) is 2.61. The largest absolute Gasteiger partial charge is 0.469 e. The van der Waals surface area contributed by atoms with Crippen LogP contribution in [0.15, 0.2) is 12.2 Å². The van der Waals surface area contributed by atoms with E-state index in [1.54, 1.807) is 0 Å². The summed E-state index contributed by atoms with van der Waals surface area (Å²) < 4.78 is 19.4. The van der Waals surface area contributed by atoms with Gasteiger partial charge in [0.2, 0.25) is 0 Å². The van der Waals surface area contributed by atoms with Crippen molar-refractivity contribution in [1.82, 2.24) is 0 Å². The molecule has 0 saturated carbocycles. The van der Waals surface area contributed by atoms with Gasteiger partial charge < -0.3 is 19.6 Å². The van der Waals surface area contributed by atoms with Crippen molar-refractivity contribution in [3.05, 3.63) is 12.2 Å². The molecule has 0 heterocycles. The van der Waals surface area contributed by atoms with E-state index in [4.69, 9.17) is 14.5 Å². The van der Waals surface area contributed by atoms with Crippen LogP contribution in [0.4, 0.5) is 0 Å². The molecule has 0 bridgehead atoms. The van der Waals surface area contributed by atoms with Gasteiger partial charge in [-0.25, -0.2) is 4.57 Å². The molecule has 1 atom stereocenters. The molecule has 0 spiro atoms. The van der Waals surface area contributed by atoms with Gasteiger partial charge in [-0.3, -0.25) is 9.32 Å². The van der Waals surface area contributed by atoms with Crippen molar-refractivity contribution in [3.8, 4) is 0 Å². The van der Waals surface area contributed by atoms with Gasteiger partial charge >= 0.3 is 13.8 Å². The van der Waals surface area contributed by atoms with E-state index < -0.39 is 26.5 Å². The molecular weight excluding hydrogens is 371 g/mol. The fraction of sp³-hybridized carbons (Fsp3) is 0.842. The maximum atomic E-state index is 11.5. The second kappa shape index (κ2) is 17.4. The second-order valence-electron chi connectivity index (χ2n) is 6.75. The Balaban J connectivity index is 3.41. The third-order valence-corrected chi connectivity index (χ3v) is 4.50. The lowest BCUT2D eigenvalue weighted by molar-refractivity contribution is -0.147. The Morgan fingerprint density at radius 3 is 2.07 bits per heavy atom. The zero-order chi connectivity index (χ0) is 20.4. The molecule has 0 aromatic heterocycles. The maximum Gasteiger partial charge on any atom is 0.469 e. The van der Waals surface area contributed by atoms with Gasteiger partial charge in [0, 0.05) is 6.42 Å². The van der Waals surface area contributed by atoms with Crippen LogP contribution in [0.5, 0.6) is 0 Å². The van der Waals surface area contributed by atoms with Gasteiger partial charge in [-0.1, -0.05) is 57.6 Å². The fourth-order valence-corrected chi connectivity index (χ4v) is 2.85. The van der Waals surface area contributed by atoms with Crippen molar-refractivity contribution in [2.75, 3.05) is 13.2 Å². The molecule has 0 aromatic carbocycles. The van der Waals surface area contributed by atoms with Gasteiger partial charge in [-0.2, -0.15) is 0 Å². The second-order valence-corrected chi connectivity index (χ2v) is 7.99. The van der Waals surface area contributed by atoms with Gasteiger partial charge in [0.25, 0.3) is 0 Å². The summed E-state index contributed by atoms with van der Waals surface area (Å²) in [5.74, 6) is -0.420. The zero-order valence-corrected chi connectivity index (χ0v) is 17.4. The Morgan fingerprint density at radius 2 is 1.48 bits per heavy atom. The van der Waals surface area contributed by atoms with Crippen LogP contribution in [-0.2, 0) is 18.6 Å². The van der Waals surface area contributed by atoms with Crippen LogP contribution in [0.2, 0.25) is 0 Å². The molecule has 8 heteroatoms. The molecular formula is C19H37O7P. The van der Waals surface area contributed by atoms with Crippen LogP contribution < -0.4 is 0 Å². The first kappa shape index (κ1) is 26.3. The molecule has 3 N–H and O–H groups in total. The van der Waals surface area contributed by atoms with E-state index in [9.17, 15) is 14.5 Å². The lowest BCUT2D eigenvalue weighted by Gasteiger charge is -2.12. The number of carbonyl (C=O) groups is 1. The van der Waals surface area contributed by atoms with Crippen LogP contribution in [0, 0.1) is 0 Å². The van der Waals surface area contributed by atoms with E-state index in [1.807, 2.05) is 0 Å². The van der Waals surface area contributed by atoms with Crippen LogP contribution in [-0.4, -0.2) is 40.2 Å². The summed E-state index contributed by atoms with van der Waals surface area (Å²) in [7, 11) is -4.62. The predicted molar refractivity (Wildman–Crippen MR) is 105 cm³/mol. The molecule has 0 aliphatic carbocycles. The number of ether oxygens (including phenoxy) is 1. The summed E-state index contributed by atoms with van der Waals surface area (Å²) in [5, 5.41) is 9.39. The first-order chi connectivity index (χ1) is 12.8. The van der Waals surface area contributed by atoms with Crippen molar-refractivity contribution in [2.45, 2.75) is 90.1 Å². The van der Waals surface area contributed by atoms with Gasteiger partial charge in [0.05, 0.1) is 6.61 Å². The quantitative estimate of drug-likeness (QED) is 0.134. The Labute approximate surface area is 163 Å². The first-order valence-electron chi connectivity index (χ1n) is 10.0. The lowest BCUT2D eigenvalue weighted by Crippen LogP contribution is -2.23. The molecule has 0 rings (SSSR count). The molecule has 0 unspecified atom stereocenters. The number of allylic oxidation sites excluding steroid dienone is 2. The van der Waals surface area contributed by atoms with Crippen molar-refractivity contribution >= 4 is 13.8 Å².